The van der Waals surface area contributed by atoms with E-state index in [1.165, 1.54) is 23.9 Å². The van der Waals surface area contributed by atoms with Crippen LogP contribution in [0.3, 0.4) is 0 Å². The van der Waals surface area contributed by atoms with Gasteiger partial charge in [-0.1, -0.05) is 18.2 Å². The molecule has 84 valence electrons. The molecule has 1 fully saturated rings. The fourth-order valence-electron chi connectivity index (χ4n) is 2.42. The van der Waals surface area contributed by atoms with E-state index in [2.05, 4.69) is 36.2 Å². The first kappa shape index (κ1) is 9.16. The molecule has 3 heteroatoms. The lowest BCUT2D eigenvalue weighted by molar-refractivity contribution is 0.907. The molecule has 0 amide bonds. The van der Waals surface area contributed by atoms with Crippen molar-refractivity contribution < 1.29 is 0 Å². The van der Waals surface area contributed by atoms with E-state index in [1.807, 2.05) is 10.6 Å². The van der Waals surface area contributed by atoms with Gasteiger partial charge < -0.3 is 0 Å². The molecule has 1 saturated carbocycles. The molecule has 2 heterocycles. The standard InChI is InChI=1S/C14H13N3/c1-9-11-4-2-3-5-13(11)17-14(15-9)8-12(16-17)10-6-7-10/h2-5,8,10H,6-7H2,1H3. The number of rotatable bonds is 1. The van der Waals surface area contributed by atoms with Crippen LogP contribution >= 0.6 is 0 Å². The Balaban J connectivity index is 2.14. The van der Waals surface area contributed by atoms with Crippen LogP contribution in [0, 0.1) is 6.92 Å². The molecule has 1 aliphatic carbocycles. The Hall–Kier alpha value is -1.90. The lowest BCUT2D eigenvalue weighted by atomic mass is 10.2. The topological polar surface area (TPSA) is 30.2 Å². The van der Waals surface area contributed by atoms with Gasteiger partial charge in [-0.05, 0) is 25.8 Å². The summed E-state index contributed by atoms with van der Waals surface area (Å²) in [6, 6.07) is 10.5. The summed E-state index contributed by atoms with van der Waals surface area (Å²) in [4.78, 5) is 4.64. The van der Waals surface area contributed by atoms with Crippen molar-refractivity contribution in [3.8, 4) is 0 Å². The monoisotopic (exact) mass is 223 g/mol. The maximum atomic E-state index is 4.70. The lowest BCUT2D eigenvalue weighted by Crippen LogP contribution is -1.96. The Bertz CT molecular complexity index is 723. The first-order valence-corrected chi connectivity index (χ1v) is 6.08. The number of hydrogen-bond acceptors (Lipinski definition) is 2. The third kappa shape index (κ3) is 1.28. The summed E-state index contributed by atoms with van der Waals surface area (Å²) in [5.74, 6) is 0.677. The quantitative estimate of drug-likeness (QED) is 0.634. The number of para-hydroxylation sites is 1. The predicted molar refractivity (Wildman–Crippen MR) is 67.2 cm³/mol. The van der Waals surface area contributed by atoms with Gasteiger partial charge in [-0.25, -0.2) is 9.50 Å². The highest BCUT2D eigenvalue weighted by molar-refractivity contribution is 5.83. The Labute approximate surface area is 99.1 Å². The highest BCUT2D eigenvalue weighted by atomic mass is 15.3. The molecule has 0 aliphatic heterocycles. The van der Waals surface area contributed by atoms with E-state index < -0.39 is 0 Å². The largest absolute Gasteiger partial charge is 0.233 e. The van der Waals surface area contributed by atoms with Gasteiger partial charge in [0.15, 0.2) is 5.65 Å². The van der Waals surface area contributed by atoms with E-state index in [4.69, 9.17) is 5.10 Å². The molecule has 4 rings (SSSR count). The summed E-state index contributed by atoms with van der Waals surface area (Å²) < 4.78 is 1.98. The molecular formula is C14H13N3. The van der Waals surface area contributed by atoms with Crippen molar-refractivity contribution in [1.82, 2.24) is 14.6 Å². The number of hydrogen-bond donors (Lipinski definition) is 0. The molecule has 3 nitrogen and oxygen atoms in total. The first-order chi connectivity index (χ1) is 8.33. The van der Waals surface area contributed by atoms with Crippen molar-refractivity contribution in [1.29, 1.82) is 0 Å². The Morgan fingerprint density at radius 3 is 2.88 bits per heavy atom. The fourth-order valence-corrected chi connectivity index (χ4v) is 2.42. The van der Waals surface area contributed by atoms with Crippen molar-refractivity contribution in [2.75, 3.05) is 0 Å². The molecule has 0 unspecified atom stereocenters. The number of aryl methyl sites for hydroxylation is 1. The van der Waals surface area contributed by atoms with Gasteiger partial charge in [0, 0.05) is 23.1 Å². The van der Waals surface area contributed by atoms with E-state index in [0.29, 0.717) is 5.92 Å². The minimum Gasteiger partial charge on any atom is -0.233 e. The van der Waals surface area contributed by atoms with Crippen molar-refractivity contribution in [2.45, 2.75) is 25.7 Å². The molecule has 0 radical (unpaired) electrons. The Morgan fingerprint density at radius 2 is 2.06 bits per heavy atom. The van der Waals surface area contributed by atoms with Crippen LogP contribution in [0.25, 0.3) is 16.6 Å². The molecule has 1 aliphatic rings. The van der Waals surface area contributed by atoms with E-state index in [1.54, 1.807) is 0 Å². The molecule has 3 aromatic rings. The second kappa shape index (κ2) is 3.06. The van der Waals surface area contributed by atoms with Crippen LogP contribution < -0.4 is 0 Å². The van der Waals surface area contributed by atoms with Gasteiger partial charge in [-0.15, -0.1) is 0 Å². The summed E-state index contributed by atoms with van der Waals surface area (Å²) in [6.45, 7) is 2.06. The predicted octanol–water partition coefficient (Wildman–Crippen LogP) is 3.07. The summed E-state index contributed by atoms with van der Waals surface area (Å²) in [7, 11) is 0. The van der Waals surface area contributed by atoms with Gasteiger partial charge in [0.25, 0.3) is 0 Å². The van der Waals surface area contributed by atoms with Crippen LogP contribution in [0.4, 0.5) is 0 Å². The zero-order chi connectivity index (χ0) is 11.4. The fraction of sp³-hybridized carbons (Fsp3) is 0.286. The average molecular weight is 223 g/mol. The Morgan fingerprint density at radius 1 is 1.24 bits per heavy atom. The summed E-state index contributed by atoms with van der Waals surface area (Å²) in [5, 5.41) is 5.88. The zero-order valence-electron chi connectivity index (χ0n) is 9.72. The molecule has 17 heavy (non-hydrogen) atoms. The molecule has 0 atom stereocenters. The third-order valence-corrected chi connectivity index (χ3v) is 3.51. The smallest absolute Gasteiger partial charge is 0.156 e. The summed E-state index contributed by atoms with van der Waals surface area (Å²) >= 11 is 0. The number of fused-ring (bicyclic) bond motifs is 3. The van der Waals surface area contributed by atoms with Crippen molar-refractivity contribution in [2.24, 2.45) is 0 Å². The van der Waals surface area contributed by atoms with Crippen molar-refractivity contribution in [3.05, 3.63) is 41.7 Å². The SMILES string of the molecule is Cc1nc2cc(C3CC3)nn2c2ccccc12. The van der Waals surface area contributed by atoms with Crippen LogP contribution in [0.5, 0.6) is 0 Å². The molecule has 0 N–H and O–H groups in total. The zero-order valence-corrected chi connectivity index (χ0v) is 9.72. The van der Waals surface area contributed by atoms with E-state index in [9.17, 15) is 0 Å². The van der Waals surface area contributed by atoms with Crippen LogP contribution in [0.2, 0.25) is 0 Å². The number of nitrogens with zero attached hydrogens (tertiary/aromatic N) is 3. The second-order valence-corrected chi connectivity index (χ2v) is 4.83. The highest BCUT2D eigenvalue weighted by Gasteiger charge is 2.26. The molecule has 0 saturated heterocycles. The van der Waals surface area contributed by atoms with E-state index in [0.717, 1.165) is 16.9 Å². The van der Waals surface area contributed by atoms with E-state index >= 15 is 0 Å². The van der Waals surface area contributed by atoms with Crippen LogP contribution in [-0.4, -0.2) is 14.6 Å². The molecular weight excluding hydrogens is 210 g/mol. The maximum Gasteiger partial charge on any atom is 0.156 e. The highest BCUT2D eigenvalue weighted by Crippen LogP contribution is 2.39. The van der Waals surface area contributed by atoms with Gasteiger partial charge in [-0.3, -0.25) is 0 Å². The van der Waals surface area contributed by atoms with Gasteiger partial charge in [-0.2, -0.15) is 5.10 Å². The van der Waals surface area contributed by atoms with Crippen LogP contribution in [0.15, 0.2) is 30.3 Å². The normalized spacial score (nSPS) is 15.8. The van der Waals surface area contributed by atoms with E-state index in [-0.39, 0.29) is 0 Å². The number of aromatic nitrogens is 3. The van der Waals surface area contributed by atoms with Gasteiger partial charge >= 0.3 is 0 Å². The maximum absolute atomic E-state index is 4.70. The Kier molecular flexibility index (Phi) is 1.65. The molecule has 0 spiro atoms. The first-order valence-electron chi connectivity index (χ1n) is 6.08. The lowest BCUT2D eigenvalue weighted by Gasteiger charge is -2.03. The minimum atomic E-state index is 0.677. The third-order valence-electron chi connectivity index (χ3n) is 3.51. The molecule has 2 aromatic heterocycles. The number of benzene rings is 1. The second-order valence-electron chi connectivity index (χ2n) is 4.83. The van der Waals surface area contributed by atoms with Crippen LogP contribution in [-0.2, 0) is 0 Å². The van der Waals surface area contributed by atoms with Crippen molar-refractivity contribution in [3.63, 3.8) is 0 Å². The average Bonchev–Trinajstić information content (AvgIpc) is 3.11. The van der Waals surface area contributed by atoms with Crippen molar-refractivity contribution >= 4 is 16.6 Å². The minimum absolute atomic E-state index is 0.677. The van der Waals surface area contributed by atoms with Gasteiger partial charge in [0.1, 0.15) is 0 Å². The van der Waals surface area contributed by atoms with Gasteiger partial charge in [0.2, 0.25) is 0 Å². The molecule has 1 aromatic carbocycles. The molecule has 0 bridgehead atoms. The van der Waals surface area contributed by atoms with Gasteiger partial charge in [0.05, 0.1) is 11.2 Å². The summed E-state index contributed by atoms with van der Waals surface area (Å²) in [6.07, 6.45) is 2.56. The van der Waals surface area contributed by atoms with Crippen LogP contribution in [0.1, 0.15) is 30.1 Å². The summed E-state index contributed by atoms with van der Waals surface area (Å²) in [5.41, 5.74) is 4.41.